The number of carbonyl (C=O) groups excluding carboxylic acids is 2. The van der Waals surface area contributed by atoms with Crippen LogP contribution < -0.4 is 0 Å². The van der Waals surface area contributed by atoms with E-state index in [1.165, 1.54) is 6.92 Å². The van der Waals surface area contributed by atoms with Crippen molar-refractivity contribution in [3.63, 3.8) is 0 Å². The lowest BCUT2D eigenvalue weighted by molar-refractivity contribution is -0.471. The summed E-state index contributed by atoms with van der Waals surface area (Å²) >= 11 is 12.1. The maximum Gasteiger partial charge on any atom is 0.408 e. The van der Waals surface area contributed by atoms with Crippen LogP contribution in [-0.4, -0.2) is 28.0 Å². The molecule has 0 spiro atoms. The Hall–Kier alpha value is -0.560. The molecule has 1 heterocycles. The van der Waals surface area contributed by atoms with Gasteiger partial charge in [-0.1, -0.05) is 39.3 Å². The summed E-state index contributed by atoms with van der Waals surface area (Å²) in [4.78, 5) is 40.3. The zero-order chi connectivity index (χ0) is 15.8. The Morgan fingerprint density at radius 3 is 2.15 bits per heavy atom. The summed E-state index contributed by atoms with van der Waals surface area (Å²) < 4.78 is 0. The fourth-order valence-electron chi connectivity index (χ4n) is 1.61. The second kappa shape index (κ2) is 5.67. The van der Waals surface area contributed by atoms with Gasteiger partial charge in [0, 0.05) is 0 Å². The van der Waals surface area contributed by atoms with Crippen molar-refractivity contribution in [3.8, 4) is 0 Å². The third-order valence-electron chi connectivity index (χ3n) is 3.31. The maximum atomic E-state index is 12.0. The van der Waals surface area contributed by atoms with E-state index in [1.54, 1.807) is 27.7 Å². The summed E-state index contributed by atoms with van der Waals surface area (Å²) in [7, 11) is 0. The molecule has 1 fully saturated rings. The normalized spacial score (nSPS) is 29.1. The van der Waals surface area contributed by atoms with Crippen LogP contribution >= 0.6 is 23.2 Å². The summed E-state index contributed by atoms with van der Waals surface area (Å²) in [6.45, 7) is 8.57. The lowest BCUT2D eigenvalue weighted by Crippen LogP contribution is -2.57. The standard InChI is InChI=1S/C12H18Cl2O6/c1-6-11(13,10(3,4)5)8(15)18-19-9(16)12(14)7(2)17-20-12/h7H,6H2,1-5H3. The van der Waals surface area contributed by atoms with Crippen molar-refractivity contribution in [3.05, 3.63) is 0 Å². The Kier molecular flexibility index (Phi) is 4.96. The Labute approximate surface area is 127 Å². The molecule has 0 aromatic rings. The molecule has 1 aliphatic rings. The minimum Gasteiger partial charge on any atom is -0.245 e. The van der Waals surface area contributed by atoms with Gasteiger partial charge >= 0.3 is 17.0 Å². The van der Waals surface area contributed by atoms with Crippen LogP contribution in [0.5, 0.6) is 0 Å². The molecule has 0 aromatic heterocycles. The molecular formula is C12H18Cl2O6. The minimum absolute atomic E-state index is 0.302. The van der Waals surface area contributed by atoms with Crippen LogP contribution in [0.1, 0.15) is 41.0 Å². The predicted molar refractivity (Wildman–Crippen MR) is 70.7 cm³/mol. The number of hydrogen-bond donors (Lipinski definition) is 0. The largest absolute Gasteiger partial charge is 0.408 e. The van der Waals surface area contributed by atoms with Crippen LogP contribution in [0, 0.1) is 5.41 Å². The van der Waals surface area contributed by atoms with Crippen molar-refractivity contribution in [2.24, 2.45) is 5.41 Å². The van der Waals surface area contributed by atoms with Crippen molar-refractivity contribution in [1.29, 1.82) is 0 Å². The van der Waals surface area contributed by atoms with E-state index in [0.717, 1.165) is 0 Å². The average molecular weight is 329 g/mol. The maximum absolute atomic E-state index is 12.0. The van der Waals surface area contributed by atoms with E-state index in [-0.39, 0.29) is 0 Å². The highest BCUT2D eigenvalue weighted by molar-refractivity contribution is 6.35. The van der Waals surface area contributed by atoms with Gasteiger partial charge in [-0.25, -0.2) is 24.3 Å². The molecule has 0 radical (unpaired) electrons. The molecule has 8 heteroatoms. The molecule has 3 unspecified atom stereocenters. The van der Waals surface area contributed by atoms with Crippen LogP contribution in [0.4, 0.5) is 0 Å². The van der Waals surface area contributed by atoms with E-state index < -0.39 is 33.4 Å². The smallest absolute Gasteiger partial charge is 0.245 e. The van der Waals surface area contributed by atoms with E-state index >= 15 is 0 Å². The third kappa shape index (κ3) is 2.88. The van der Waals surface area contributed by atoms with Crippen LogP contribution in [0.25, 0.3) is 0 Å². The zero-order valence-electron chi connectivity index (χ0n) is 12.0. The van der Waals surface area contributed by atoms with Gasteiger partial charge in [0.1, 0.15) is 6.10 Å². The molecule has 6 nitrogen and oxygen atoms in total. The number of carbonyl (C=O) groups is 2. The average Bonchev–Trinajstić information content (AvgIpc) is 2.39. The second-order valence-corrected chi connectivity index (χ2v) is 6.82. The lowest BCUT2D eigenvalue weighted by Gasteiger charge is -2.37. The highest BCUT2D eigenvalue weighted by atomic mass is 35.5. The van der Waals surface area contributed by atoms with E-state index in [1.807, 2.05) is 0 Å². The summed E-state index contributed by atoms with van der Waals surface area (Å²) in [6, 6.07) is 0. The fourth-order valence-corrected chi connectivity index (χ4v) is 1.74. The summed E-state index contributed by atoms with van der Waals surface area (Å²) in [6.07, 6.45) is -0.416. The quantitative estimate of drug-likeness (QED) is 0.450. The Balaban J connectivity index is 2.66. The van der Waals surface area contributed by atoms with Crippen LogP contribution in [0.3, 0.4) is 0 Å². The van der Waals surface area contributed by atoms with Crippen molar-refractivity contribution in [2.45, 2.75) is 57.1 Å². The molecule has 20 heavy (non-hydrogen) atoms. The lowest BCUT2D eigenvalue weighted by atomic mass is 9.78. The Morgan fingerprint density at radius 2 is 1.85 bits per heavy atom. The first-order valence-electron chi connectivity index (χ1n) is 6.14. The number of rotatable bonds is 3. The van der Waals surface area contributed by atoms with E-state index in [4.69, 9.17) is 23.2 Å². The van der Waals surface area contributed by atoms with Gasteiger partial charge in [-0.3, -0.25) is 0 Å². The van der Waals surface area contributed by atoms with E-state index in [0.29, 0.717) is 6.42 Å². The van der Waals surface area contributed by atoms with Gasteiger partial charge in [0.25, 0.3) is 0 Å². The third-order valence-corrected chi connectivity index (χ3v) is 4.82. The molecule has 1 rings (SSSR count). The molecule has 3 atom stereocenters. The molecule has 0 aliphatic carbocycles. The molecule has 0 amide bonds. The summed E-state index contributed by atoms with van der Waals surface area (Å²) in [5, 5.41) is -1.80. The fraction of sp³-hybridized carbons (Fsp3) is 0.833. The van der Waals surface area contributed by atoms with Crippen molar-refractivity contribution in [2.75, 3.05) is 0 Å². The first kappa shape index (κ1) is 17.5. The molecular weight excluding hydrogens is 311 g/mol. The number of hydrogen-bond acceptors (Lipinski definition) is 6. The molecule has 0 N–H and O–H groups in total. The highest BCUT2D eigenvalue weighted by Crippen LogP contribution is 2.41. The zero-order valence-corrected chi connectivity index (χ0v) is 13.5. The first-order chi connectivity index (χ1) is 8.99. The van der Waals surface area contributed by atoms with Gasteiger partial charge in [0.05, 0.1) is 0 Å². The number of alkyl halides is 2. The monoisotopic (exact) mass is 328 g/mol. The highest BCUT2D eigenvalue weighted by Gasteiger charge is 2.57. The topological polar surface area (TPSA) is 71.1 Å². The second-order valence-electron chi connectivity index (χ2n) is 5.61. The molecule has 0 aromatic carbocycles. The molecule has 0 bridgehead atoms. The molecule has 1 aliphatic heterocycles. The van der Waals surface area contributed by atoms with Gasteiger partial charge in [0.2, 0.25) is 0 Å². The van der Waals surface area contributed by atoms with Crippen LogP contribution in [-0.2, 0) is 29.1 Å². The first-order valence-corrected chi connectivity index (χ1v) is 6.90. The number of halogens is 2. The summed E-state index contributed by atoms with van der Waals surface area (Å²) in [5.41, 5.74) is -0.588. The Bertz CT molecular complexity index is 407. The van der Waals surface area contributed by atoms with Crippen LogP contribution in [0.15, 0.2) is 0 Å². The van der Waals surface area contributed by atoms with Crippen molar-refractivity contribution < 1.29 is 29.1 Å². The molecule has 1 saturated heterocycles. The van der Waals surface area contributed by atoms with Crippen molar-refractivity contribution >= 4 is 35.1 Å². The van der Waals surface area contributed by atoms with Gasteiger partial charge in [-0.05, 0) is 18.8 Å². The van der Waals surface area contributed by atoms with Gasteiger partial charge in [-0.2, -0.15) is 4.89 Å². The van der Waals surface area contributed by atoms with Crippen LogP contribution in [0.2, 0.25) is 0 Å². The summed E-state index contributed by atoms with van der Waals surface area (Å²) in [5.74, 6) is -1.94. The van der Waals surface area contributed by atoms with Gasteiger partial charge in [-0.15, -0.1) is 11.6 Å². The molecule has 116 valence electrons. The minimum atomic E-state index is -1.80. The predicted octanol–water partition coefficient (Wildman–Crippen LogP) is 2.71. The Morgan fingerprint density at radius 1 is 1.30 bits per heavy atom. The van der Waals surface area contributed by atoms with E-state index in [9.17, 15) is 9.59 Å². The van der Waals surface area contributed by atoms with Crippen molar-refractivity contribution in [1.82, 2.24) is 0 Å². The molecule has 0 saturated carbocycles. The SMILES string of the molecule is CCC(Cl)(C(=O)OOC(=O)C1(Cl)OOC1C)C(C)(C)C. The van der Waals surface area contributed by atoms with Gasteiger partial charge < -0.3 is 0 Å². The van der Waals surface area contributed by atoms with E-state index in [2.05, 4.69) is 19.6 Å². The van der Waals surface area contributed by atoms with Gasteiger partial charge in [0.15, 0.2) is 4.87 Å².